The summed E-state index contributed by atoms with van der Waals surface area (Å²) < 4.78 is 1.05. The van der Waals surface area contributed by atoms with Crippen molar-refractivity contribution in [1.82, 2.24) is 9.97 Å². The Labute approximate surface area is 125 Å². The van der Waals surface area contributed by atoms with E-state index in [0.717, 1.165) is 10.9 Å². The molecule has 0 unspecified atom stereocenters. The molecule has 6 heteroatoms. The first-order valence-corrected chi connectivity index (χ1v) is 6.92. The molecule has 1 aromatic carbocycles. The number of carboxylic acids is 1. The monoisotopic (exact) mass is 335 g/mol. The number of aromatic nitrogens is 2. The van der Waals surface area contributed by atoms with Gasteiger partial charge in [-0.25, -0.2) is 14.8 Å². The van der Waals surface area contributed by atoms with Gasteiger partial charge in [0.2, 0.25) is 5.95 Å². The van der Waals surface area contributed by atoms with Crippen molar-refractivity contribution < 1.29 is 9.90 Å². The molecule has 0 radical (unpaired) electrons. The Morgan fingerprint density at radius 1 is 1.35 bits per heavy atom. The maximum atomic E-state index is 10.9. The van der Waals surface area contributed by atoms with Gasteiger partial charge in [0.1, 0.15) is 0 Å². The highest BCUT2D eigenvalue weighted by Gasteiger charge is 2.08. The Bertz CT molecular complexity index is 632. The minimum absolute atomic E-state index is 0.000826. The Hall–Kier alpha value is -1.95. The summed E-state index contributed by atoms with van der Waals surface area (Å²) in [4.78, 5) is 19.0. The van der Waals surface area contributed by atoms with Gasteiger partial charge in [0.05, 0.1) is 0 Å². The molecule has 5 nitrogen and oxygen atoms in total. The third-order valence-electron chi connectivity index (χ3n) is 2.71. The van der Waals surface area contributed by atoms with E-state index in [4.69, 9.17) is 5.11 Å². The van der Waals surface area contributed by atoms with Gasteiger partial charge in [-0.15, -0.1) is 0 Å². The zero-order valence-electron chi connectivity index (χ0n) is 10.9. The lowest BCUT2D eigenvalue weighted by Crippen LogP contribution is -2.11. The molecular weight excluding hydrogens is 322 g/mol. The molecule has 20 heavy (non-hydrogen) atoms. The van der Waals surface area contributed by atoms with Gasteiger partial charge in [0.25, 0.3) is 0 Å². The third kappa shape index (κ3) is 3.77. The van der Waals surface area contributed by atoms with Gasteiger partial charge in [0, 0.05) is 16.7 Å². The lowest BCUT2D eigenvalue weighted by molar-refractivity contribution is 0.0690. The number of hydrogen-bond acceptors (Lipinski definition) is 4. The number of anilines is 1. The van der Waals surface area contributed by atoms with Crippen LogP contribution in [0.3, 0.4) is 0 Å². The summed E-state index contributed by atoms with van der Waals surface area (Å²) in [6, 6.07) is 9.41. The molecule has 0 bridgehead atoms. The molecule has 2 N–H and O–H groups in total. The predicted octanol–water partition coefficient (Wildman–Crippen LogP) is 2.90. The van der Waals surface area contributed by atoms with Crippen molar-refractivity contribution >= 4 is 27.8 Å². The fourth-order valence-corrected chi connectivity index (χ4v) is 2.25. The van der Waals surface area contributed by atoms with E-state index in [0.29, 0.717) is 18.2 Å². The second-order valence-electron chi connectivity index (χ2n) is 4.29. The van der Waals surface area contributed by atoms with E-state index in [1.54, 1.807) is 6.92 Å². The number of benzene rings is 1. The van der Waals surface area contributed by atoms with E-state index in [-0.39, 0.29) is 5.69 Å². The minimum Gasteiger partial charge on any atom is -0.477 e. The predicted molar refractivity (Wildman–Crippen MR) is 80.1 cm³/mol. The lowest BCUT2D eigenvalue weighted by atomic mass is 10.1. The van der Waals surface area contributed by atoms with E-state index in [1.165, 1.54) is 11.6 Å². The van der Waals surface area contributed by atoms with Crippen molar-refractivity contribution in [2.45, 2.75) is 13.3 Å². The average Bonchev–Trinajstić information content (AvgIpc) is 2.40. The van der Waals surface area contributed by atoms with Crippen LogP contribution in [0.5, 0.6) is 0 Å². The van der Waals surface area contributed by atoms with E-state index in [1.807, 2.05) is 24.3 Å². The van der Waals surface area contributed by atoms with Crippen molar-refractivity contribution in [2.24, 2.45) is 0 Å². The van der Waals surface area contributed by atoms with Crippen molar-refractivity contribution in [1.29, 1.82) is 0 Å². The number of nitrogens with one attached hydrogen (secondary N) is 1. The molecule has 0 aliphatic heterocycles. The molecule has 0 saturated carbocycles. The fourth-order valence-electron chi connectivity index (χ4n) is 1.77. The summed E-state index contributed by atoms with van der Waals surface area (Å²) in [5.74, 6) is -0.709. The number of hydrogen-bond donors (Lipinski definition) is 2. The first kappa shape index (κ1) is 14.5. The number of aryl methyl sites for hydroxylation is 1. The van der Waals surface area contributed by atoms with Gasteiger partial charge in [-0.2, -0.15) is 0 Å². The topological polar surface area (TPSA) is 75.1 Å². The van der Waals surface area contributed by atoms with Crippen molar-refractivity contribution in [3.05, 3.63) is 51.8 Å². The zero-order chi connectivity index (χ0) is 14.5. The van der Waals surface area contributed by atoms with Crippen LogP contribution in [0.1, 0.15) is 21.7 Å². The van der Waals surface area contributed by atoms with Crippen LogP contribution in [0.15, 0.2) is 34.8 Å². The molecule has 0 spiro atoms. The first-order valence-electron chi connectivity index (χ1n) is 6.12. The van der Waals surface area contributed by atoms with Crippen molar-refractivity contribution in [3.8, 4) is 0 Å². The Kier molecular flexibility index (Phi) is 4.68. The number of nitrogens with zero attached hydrogens (tertiary/aromatic N) is 2. The fraction of sp³-hybridized carbons (Fsp3) is 0.214. The number of rotatable bonds is 5. The quantitative estimate of drug-likeness (QED) is 0.878. The van der Waals surface area contributed by atoms with Crippen LogP contribution in [0.25, 0.3) is 0 Å². The lowest BCUT2D eigenvalue weighted by Gasteiger charge is -2.07. The maximum absolute atomic E-state index is 10.9. The van der Waals surface area contributed by atoms with Crippen LogP contribution in [-0.4, -0.2) is 27.6 Å². The van der Waals surface area contributed by atoms with Crippen LogP contribution in [0.4, 0.5) is 5.95 Å². The molecule has 1 heterocycles. The highest BCUT2D eigenvalue weighted by Crippen LogP contribution is 2.16. The van der Waals surface area contributed by atoms with Crippen LogP contribution in [0, 0.1) is 6.92 Å². The Balaban J connectivity index is 2.01. The molecule has 0 aliphatic carbocycles. The van der Waals surface area contributed by atoms with E-state index in [9.17, 15) is 4.79 Å². The summed E-state index contributed by atoms with van der Waals surface area (Å²) in [5, 5.41) is 12.0. The van der Waals surface area contributed by atoms with Gasteiger partial charge in [-0.1, -0.05) is 34.1 Å². The van der Waals surface area contributed by atoms with E-state index in [2.05, 4.69) is 31.2 Å². The van der Waals surface area contributed by atoms with Crippen LogP contribution < -0.4 is 5.32 Å². The zero-order valence-corrected chi connectivity index (χ0v) is 12.5. The second kappa shape index (κ2) is 6.47. The number of halogens is 1. The summed E-state index contributed by atoms with van der Waals surface area (Å²) in [7, 11) is 0. The van der Waals surface area contributed by atoms with Crippen LogP contribution in [0.2, 0.25) is 0 Å². The smallest absolute Gasteiger partial charge is 0.354 e. The molecule has 0 saturated heterocycles. The van der Waals surface area contributed by atoms with Gasteiger partial charge < -0.3 is 10.4 Å². The minimum atomic E-state index is -1.05. The summed E-state index contributed by atoms with van der Waals surface area (Å²) in [6.45, 7) is 2.37. The first-order chi connectivity index (χ1) is 9.56. The molecule has 104 valence electrons. The highest BCUT2D eigenvalue weighted by molar-refractivity contribution is 9.10. The van der Waals surface area contributed by atoms with Gasteiger partial charge in [0.15, 0.2) is 5.69 Å². The number of carbonyl (C=O) groups is 1. The number of carboxylic acid groups (broad SMARTS) is 1. The standard InChI is InChI=1S/C14H14BrN3O2/c1-9-8-12(13(19)20)18-14(17-9)16-7-6-10-4-2-3-5-11(10)15/h2-5,8H,6-7H2,1H3,(H,19,20)(H,16,17,18). The van der Waals surface area contributed by atoms with E-state index >= 15 is 0 Å². The van der Waals surface area contributed by atoms with E-state index < -0.39 is 5.97 Å². The molecule has 2 aromatic rings. The number of aromatic carboxylic acids is 1. The molecule has 0 aliphatic rings. The Morgan fingerprint density at radius 3 is 2.80 bits per heavy atom. The van der Waals surface area contributed by atoms with Gasteiger partial charge >= 0.3 is 5.97 Å². The molecular formula is C14H14BrN3O2. The maximum Gasteiger partial charge on any atom is 0.354 e. The largest absolute Gasteiger partial charge is 0.477 e. The molecule has 0 amide bonds. The SMILES string of the molecule is Cc1cc(C(=O)O)nc(NCCc2ccccc2Br)n1. The summed E-state index contributed by atoms with van der Waals surface area (Å²) in [5.41, 5.74) is 1.80. The third-order valence-corrected chi connectivity index (χ3v) is 3.48. The molecule has 2 rings (SSSR count). The summed E-state index contributed by atoms with van der Waals surface area (Å²) >= 11 is 3.49. The average molecular weight is 336 g/mol. The van der Waals surface area contributed by atoms with Crippen molar-refractivity contribution in [3.63, 3.8) is 0 Å². The molecule has 0 fully saturated rings. The normalized spacial score (nSPS) is 10.3. The van der Waals surface area contributed by atoms with Crippen LogP contribution in [-0.2, 0) is 6.42 Å². The summed E-state index contributed by atoms with van der Waals surface area (Å²) in [6.07, 6.45) is 0.793. The molecule has 0 atom stereocenters. The van der Waals surface area contributed by atoms with Crippen molar-refractivity contribution in [2.75, 3.05) is 11.9 Å². The van der Waals surface area contributed by atoms with Crippen LogP contribution >= 0.6 is 15.9 Å². The highest BCUT2D eigenvalue weighted by atomic mass is 79.9. The van der Waals surface area contributed by atoms with Gasteiger partial charge in [-0.05, 0) is 31.0 Å². The molecule has 1 aromatic heterocycles. The van der Waals surface area contributed by atoms with Gasteiger partial charge in [-0.3, -0.25) is 0 Å². The Morgan fingerprint density at radius 2 is 2.10 bits per heavy atom. The second-order valence-corrected chi connectivity index (χ2v) is 5.15.